The van der Waals surface area contributed by atoms with E-state index in [1.165, 1.54) is 24.3 Å². The molecule has 4 aromatic rings. The molecule has 1 fully saturated rings. The minimum atomic E-state index is -0.484. The molecule has 3 heterocycles. The van der Waals surface area contributed by atoms with Crippen LogP contribution in [0.3, 0.4) is 0 Å². The van der Waals surface area contributed by atoms with Crippen LogP contribution in [0.2, 0.25) is 5.02 Å². The van der Waals surface area contributed by atoms with E-state index in [1.807, 2.05) is 12.1 Å². The number of fused-ring (bicyclic) bond motifs is 1. The van der Waals surface area contributed by atoms with Crippen molar-refractivity contribution < 1.29 is 9.72 Å². The summed E-state index contributed by atoms with van der Waals surface area (Å²) in [6.07, 6.45) is 4.84. The number of aromatic nitrogens is 3. The van der Waals surface area contributed by atoms with Crippen LogP contribution in [-0.4, -0.2) is 55.9 Å². The smallest absolute Gasteiger partial charge is 0.269 e. The Bertz CT molecular complexity index is 1550. The number of carbonyl (C=O) groups is 1. The lowest BCUT2D eigenvalue weighted by Gasteiger charge is -2.37. The molecular weight excluding hydrogens is 520 g/mol. The van der Waals surface area contributed by atoms with E-state index in [-0.39, 0.29) is 17.2 Å². The first-order chi connectivity index (χ1) is 18.9. The van der Waals surface area contributed by atoms with Gasteiger partial charge >= 0.3 is 0 Å². The maximum Gasteiger partial charge on any atom is 0.269 e. The van der Waals surface area contributed by atoms with Gasteiger partial charge in [0.15, 0.2) is 0 Å². The number of amides is 1. The summed E-state index contributed by atoms with van der Waals surface area (Å²) in [5.74, 6) is 1.21. The van der Waals surface area contributed by atoms with Gasteiger partial charge in [-0.1, -0.05) is 43.5 Å². The molecule has 39 heavy (non-hydrogen) atoms. The van der Waals surface area contributed by atoms with Gasteiger partial charge in [-0.05, 0) is 30.7 Å². The van der Waals surface area contributed by atoms with Crippen LogP contribution < -0.4 is 10.5 Å². The molecular formula is C28H29ClN6O4. The van der Waals surface area contributed by atoms with E-state index in [1.54, 1.807) is 33.7 Å². The minimum absolute atomic E-state index is 0.0500. The molecule has 202 valence electrons. The number of nitro benzene ring substituents is 1. The second kappa shape index (κ2) is 11.3. The monoisotopic (exact) mass is 548 g/mol. The van der Waals surface area contributed by atoms with E-state index in [2.05, 4.69) is 16.4 Å². The standard InChI is InChI=1S/C28H29ClN6O4/c1-2-3-4-13-33-25(18-26(36)34-19-24(30-28(33)34)20-5-9-22(29)10-6-20)31-14-16-32(17-15-31)27(37)21-7-11-23(12-8-21)35(38)39/h5-12,18-19H,2-4,13-17H2,1H3. The second-order valence-corrected chi connectivity index (χ2v) is 10.0. The number of nitro groups is 1. The van der Waals surface area contributed by atoms with Crippen molar-refractivity contribution in [3.63, 3.8) is 0 Å². The maximum absolute atomic E-state index is 13.2. The van der Waals surface area contributed by atoms with Gasteiger partial charge in [0.1, 0.15) is 5.82 Å². The van der Waals surface area contributed by atoms with Gasteiger partial charge in [0, 0.05) is 73.3 Å². The van der Waals surface area contributed by atoms with Crippen molar-refractivity contribution in [2.45, 2.75) is 32.7 Å². The molecule has 1 aliphatic rings. The van der Waals surface area contributed by atoms with Gasteiger partial charge in [-0.15, -0.1) is 0 Å². The summed E-state index contributed by atoms with van der Waals surface area (Å²) in [4.78, 5) is 45.4. The Kier molecular flexibility index (Phi) is 7.65. The average Bonchev–Trinajstić information content (AvgIpc) is 3.41. The van der Waals surface area contributed by atoms with Crippen LogP contribution in [0, 0.1) is 10.1 Å². The lowest BCUT2D eigenvalue weighted by molar-refractivity contribution is -0.384. The molecule has 1 saturated heterocycles. The van der Waals surface area contributed by atoms with Crippen molar-refractivity contribution in [2.75, 3.05) is 31.1 Å². The Morgan fingerprint density at radius 2 is 1.72 bits per heavy atom. The summed E-state index contributed by atoms with van der Waals surface area (Å²) in [6.45, 7) is 4.89. The number of unbranched alkanes of at least 4 members (excludes halogenated alkanes) is 2. The molecule has 0 saturated carbocycles. The van der Waals surface area contributed by atoms with Gasteiger partial charge in [0.25, 0.3) is 17.2 Å². The quantitative estimate of drug-likeness (QED) is 0.176. The number of nitrogens with zero attached hydrogens (tertiary/aromatic N) is 6. The Hall–Kier alpha value is -4.18. The van der Waals surface area contributed by atoms with Crippen molar-refractivity contribution in [1.82, 2.24) is 18.9 Å². The molecule has 0 unspecified atom stereocenters. The highest BCUT2D eigenvalue weighted by Gasteiger charge is 2.25. The Morgan fingerprint density at radius 3 is 2.36 bits per heavy atom. The fourth-order valence-corrected chi connectivity index (χ4v) is 5.01. The zero-order valence-electron chi connectivity index (χ0n) is 21.6. The van der Waals surface area contributed by atoms with Gasteiger partial charge in [-0.2, -0.15) is 0 Å². The van der Waals surface area contributed by atoms with Crippen LogP contribution in [-0.2, 0) is 6.54 Å². The molecule has 0 N–H and O–H groups in total. The Labute approximate surface area is 230 Å². The van der Waals surface area contributed by atoms with Crippen molar-refractivity contribution in [2.24, 2.45) is 0 Å². The van der Waals surface area contributed by atoms with Crippen molar-refractivity contribution in [3.05, 3.63) is 91.8 Å². The number of rotatable bonds is 8. The van der Waals surface area contributed by atoms with Crippen LogP contribution in [0.1, 0.15) is 36.5 Å². The number of halogens is 1. The molecule has 2 aromatic carbocycles. The van der Waals surface area contributed by atoms with Gasteiger partial charge in [-0.3, -0.25) is 28.7 Å². The molecule has 5 rings (SSSR count). The number of anilines is 1. The van der Waals surface area contributed by atoms with Gasteiger partial charge < -0.3 is 9.80 Å². The number of hydrogen-bond acceptors (Lipinski definition) is 6. The second-order valence-electron chi connectivity index (χ2n) is 9.59. The molecule has 0 spiro atoms. The van der Waals surface area contributed by atoms with E-state index < -0.39 is 4.92 Å². The van der Waals surface area contributed by atoms with E-state index in [4.69, 9.17) is 16.6 Å². The Balaban J connectivity index is 1.41. The fraction of sp³-hybridized carbons (Fsp3) is 0.321. The summed E-state index contributed by atoms with van der Waals surface area (Å²) >= 11 is 6.05. The average molecular weight is 549 g/mol. The molecule has 10 nitrogen and oxygen atoms in total. The summed E-state index contributed by atoms with van der Waals surface area (Å²) in [6, 6.07) is 14.7. The van der Waals surface area contributed by atoms with Gasteiger partial charge in [-0.25, -0.2) is 4.98 Å². The molecule has 0 bridgehead atoms. The van der Waals surface area contributed by atoms with E-state index >= 15 is 0 Å². The van der Waals surface area contributed by atoms with Crippen LogP contribution in [0.5, 0.6) is 0 Å². The maximum atomic E-state index is 13.2. The third-order valence-corrected chi connectivity index (χ3v) is 7.29. The highest BCUT2D eigenvalue weighted by molar-refractivity contribution is 6.30. The van der Waals surface area contributed by atoms with E-state index in [9.17, 15) is 19.7 Å². The van der Waals surface area contributed by atoms with E-state index in [0.29, 0.717) is 54.8 Å². The summed E-state index contributed by atoms with van der Waals surface area (Å²) in [5, 5.41) is 11.6. The number of non-ortho nitro benzene ring substituents is 1. The molecule has 2 aromatic heterocycles. The van der Waals surface area contributed by atoms with Crippen LogP contribution in [0.4, 0.5) is 11.5 Å². The molecule has 1 aliphatic heterocycles. The van der Waals surface area contributed by atoms with Gasteiger partial charge in [0.05, 0.1) is 10.6 Å². The Morgan fingerprint density at radius 1 is 1.03 bits per heavy atom. The first kappa shape index (κ1) is 26.4. The number of aryl methyl sites for hydroxylation is 1. The molecule has 11 heteroatoms. The number of piperazine rings is 1. The first-order valence-electron chi connectivity index (χ1n) is 13.0. The largest absolute Gasteiger partial charge is 0.354 e. The predicted octanol–water partition coefficient (Wildman–Crippen LogP) is 4.88. The lowest BCUT2D eigenvalue weighted by atomic mass is 10.1. The number of imidazole rings is 1. The topological polar surface area (TPSA) is 106 Å². The SMILES string of the molecule is CCCCCn1c(N2CCN(C(=O)c3ccc([N+](=O)[O-])cc3)CC2)cc(=O)n2cc(-c3ccc(Cl)cc3)nc12. The highest BCUT2D eigenvalue weighted by Crippen LogP contribution is 2.25. The number of carbonyl (C=O) groups excluding carboxylic acids is 1. The van der Waals surface area contributed by atoms with Crippen LogP contribution in [0.25, 0.3) is 17.0 Å². The molecule has 1 amide bonds. The molecule has 0 atom stereocenters. The molecule has 0 aliphatic carbocycles. The summed E-state index contributed by atoms with van der Waals surface area (Å²) < 4.78 is 3.69. The van der Waals surface area contributed by atoms with Crippen LogP contribution >= 0.6 is 11.6 Å². The normalized spacial score (nSPS) is 13.7. The number of benzene rings is 2. The summed E-state index contributed by atoms with van der Waals surface area (Å²) in [5.41, 5.74) is 1.78. The summed E-state index contributed by atoms with van der Waals surface area (Å²) in [7, 11) is 0. The highest BCUT2D eigenvalue weighted by atomic mass is 35.5. The number of hydrogen-bond donors (Lipinski definition) is 0. The van der Waals surface area contributed by atoms with Crippen molar-refractivity contribution >= 4 is 34.8 Å². The van der Waals surface area contributed by atoms with E-state index in [0.717, 1.165) is 30.6 Å². The minimum Gasteiger partial charge on any atom is -0.354 e. The fourth-order valence-electron chi connectivity index (χ4n) is 4.89. The third-order valence-electron chi connectivity index (χ3n) is 7.04. The van der Waals surface area contributed by atoms with Gasteiger partial charge in [0.2, 0.25) is 5.78 Å². The van der Waals surface area contributed by atoms with Crippen molar-refractivity contribution in [3.8, 4) is 11.3 Å². The third kappa shape index (κ3) is 5.51. The van der Waals surface area contributed by atoms with Crippen LogP contribution in [0.15, 0.2) is 65.6 Å². The molecule has 0 radical (unpaired) electrons. The van der Waals surface area contributed by atoms with Crippen molar-refractivity contribution in [1.29, 1.82) is 0 Å². The lowest BCUT2D eigenvalue weighted by Crippen LogP contribution is -2.49. The predicted molar refractivity (Wildman–Crippen MR) is 151 cm³/mol. The zero-order valence-corrected chi connectivity index (χ0v) is 22.4. The zero-order chi connectivity index (χ0) is 27.5. The first-order valence-corrected chi connectivity index (χ1v) is 13.4.